The van der Waals surface area contributed by atoms with Crippen molar-refractivity contribution in [1.82, 2.24) is 4.90 Å². The molecule has 2 rings (SSSR count). The first-order chi connectivity index (χ1) is 8.15. The van der Waals surface area contributed by atoms with Crippen LogP contribution in [0.15, 0.2) is 18.2 Å². The zero-order chi connectivity index (χ0) is 12.3. The molecule has 1 heterocycles. The summed E-state index contributed by atoms with van der Waals surface area (Å²) in [6.07, 6.45) is 3.04. The number of hydrogen-bond acceptors (Lipinski definition) is 2. The number of Topliss-reactive ketones (excluding diaryl/α,β-unsaturated/α-hetero) is 1. The molecule has 0 N–H and O–H groups in total. The van der Waals surface area contributed by atoms with E-state index in [1.807, 2.05) is 12.1 Å². The fourth-order valence-corrected chi connectivity index (χ4v) is 2.57. The van der Waals surface area contributed by atoms with E-state index < -0.39 is 0 Å². The van der Waals surface area contributed by atoms with Crippen molar-refractivity contribution in [3.05, 3.63) is 34.3 Å². The lowest BCUT2D eigenvalue weighted by Gasteiger charge is -2.15. The molecule has 0 amide bonds. The molecule has 0 radical (unpaired) electrons. The SMILES string of the molecule is CC(=O)Cc1ccc(CN2CCCC2)cc1Cl. The molecule has 1 aromatic carbocycles. The predicted molar refractivity (Wildman–Crippen MR) is 70.3 cm³/mol. The van der Waals surface area contributed by atoms with Crippen molar-refractivity contribution in [2.45, 2.75) is 32.7 Å². The van der Waals surface area contributed by atoms with Gasteiger partial charge in [0.15, 0.2) is 0 Å². The predicted octanol–water partition coefficient (Wildman–Crippen LogP) is 3.07. The molecule has 0 aromatic heterocycles. The van der Waals surface area contributed by atoms with Gasteiger partial charge in [-0.25, -0.2) is 0 Å². The first-order valence-electron chi connectivity index (χ1n) is 6.14. The van der Waals surface area contributed by atoms with Crippen molar-refractivity contribution in [3.8, 4) is 0 Å². The summed E-state index contributed by atoms with van der Waals surface area (Å²) in [5, 5.41) is 0.719. The molecule has 0 bridgehead atoms. The molecular weight excluding hydrogens is 234 g/mol. The zero-order valence-electron chi connectivity index (χ0n) is 10.2. The molecule has 92 valence electrons. The first kappa shape index (κ1) is 12.6. The van der Waals surface area contributed by atoms with E-state index in [0.717, 1.165) is 17.1 Å². The summed E-state index contributed by atoms with van der Waals surface area (Å²) in [5.41, 5.74) is 2.17. The van der Waals surface area contributed by atoms with E-state index in [1.54, 1.807) is 6.92 Å². The number of ketones is 1. The van der Waals surface area contributed by atoms with Crippen LogP contribution in [-0.4, -0.2) is 23.8 Å². The molecule has 1 aliphatic heterocycles. The second kappa shape index (κ2) is 5.65. The van der Waals surface area contributed by atoms with E-state index in [2.05, 4.69) is 11.0 Å². The zero-order valence-corrected chi connectivity index (χ0v) is 11.0. The molecule has 1 saturated heterocycles. The quantitative estimate of drug-likeness (QED) is 0.820. The second-order valence-corrected chi connectivity index (χ2v) is 5.20. The fourth-order valence-electron chi connectivity index (χ4n) is 2.30. The van der Waals surface area contributed by atoms with Gasteiger partial charge in [-0.3, -0.25) is 9.69 Å². The van der Waals surface area contributed by atoms with Gasteiger partial charge in [-0.15, -0.1) is 0 Å². The largest absolute Gasteiger partial charge is 0.300 e. The van der Waals surface area contributed by atoms with Gasteiger partial charge in [0.05, 0.1) is 0 Å². The Morgan fingerprint density at radius 3 is 2.65 bits per heavy atom. The van der Waals surface area contributed by atoms with Crippen LogP contribution in [0.2, 0.25) is 5.02 Å². The Morgan fingerprint density at radius 1 is 1.35 bits per heavy atom. The van der Waals surface area contributed by atoms with Gasteiger partial charge in [0.25, 0.3) is 0 Å². The monoisotopic (exact) mass is 251 g/mol. The van der Waals surface area contributed by atoms with Gasteiger partial charge in [-0.1, -0.05) is 23.7 Å². The Hall–Kier alpha value is -0.860. The Bertz CT molecular complexity index is 411. The maximum Gasteiger partial charge on any atom is 0.134 e. The summed E-state index contributed by atoms with van der Waals surface area (Å²) in [7, 11) is 0. The van der Waals surface area contributed by atoms with Crippen molar-refractivity contribution >= 4 is 17.4 Å². The Balaban J connectivity index is 2.04. The Morgan fingerprint density at radius 2 is 2.06 bits per heavy atom. The summed E-state index contributed by atoms with van der Waals surface area (Å²) in [5.74, 6) is 0.152. The van der Waals surface area contributed by atoms with E-state index >= 15 is 0 Å². The highest BCUT2D eigenvalue weighted by Gasteiger charge is 2.12. The molecule has 0 atom stereocenters. The maximum absolute atomic E-state index is 11.1. The van der Waals surface area contributed by atoms with Crippen LogP contribution in [0.1, 0.15) is 30.9 Å². The minimum Gasteiger partial charge on any atom is -0.300 e. The van der Waals surface area contributed by atoms with E-state index in [9.17, 15) is 4.79 Å². The lowest BCUT2D eigenvalue weighted by Crippen LogP contribution is -2.18. The normalized spacial score (nSPS) is 16.4. The molecule has 0 aliphatic carbocycles. The van der Waals surface area contributed by atoms with E-state index in [0.29, 0.717) is 6.42 Å². The molecule has 17 heavy (non-hydrogen) atoms. The van der Waals surface area contributed by atoms with E-state index in [1.165, 1.54) is 31.5 Å². The topological polar surface area (TPSA) is 20.3 Å². The molecule has 2 nitrogen and oxygen atoms in total. The standard InChI is InChI=1S/C14H18ClNO/c1-11(17)8-13-5-4-12(9-14(13)15)10-16-6-2-3-7-16/h4-5,9H,2-3,6-8,10H2,1H3. The highest BCUT2D eigenvalue weighted by atomic mass is 35.5. The summed E-state index contributed by atoms with van der Waals surface area (Å²) in [4.78, 5) is 13.5. The fraction of sp³-hybridized carbons (Fsp3) is 0.500. The molecule has 0 saturated carbocycles. The summed E-state index contributed by atoms with van der Waals surface area (Å²) in [6, 6.07) is 6.07. The van der Waals surface area contributed by atoms with Crippen LogP contribution in [0.3, 0.4) is 0 Å². The number of hydrogen-bond donors (Lipinski definition) is 0. The van der Waals surface area contributed by atoms with Gasteiger partial charge in [0, 0.05) is 18.0 Å². The van der Waals surface area contributed by atoms with Crippen LogP contribution in [0.25, 0.3) is 0 Å². The van der Waals surface area contributed by atoms with Crippen molar-refractivity contribution < 1.29 is 4.79 Å². The van der Waals surface area contributed by atoms with E-state index in [-0.39, 0.29) is 5.78 Å². The van der Waals surface area contributed by atoms with Gasteiger partial charge < -0.3 is 0 Å². The van der Waals surface area contributed by atoms with Crippen LogP contribution < -0.4 is 0 Å². The van der Waals surface area contributed by atoms with Crippen LogP contribution >= 0.6 is 11.6 Å². The van der Waals surface area contributed by atoms with Crippen LogP contribution in [0, 0.1) is 0 Å². The van der Waals surface area contributed by atoms with Gasteiger partial charge in [-0.2, -0.15) is 0 Å². The minimum absolute atomic E-state index is 0.152. The number of carbonyl (C=O) groups excluding carboxylic acids is 1. The third-order valence-electron chi connectivity index (χ3n) is 3.16. The molecule has 0 unspecified atom stereocenters. The number of nitrogens with zero attached hydrogens (tertiary/aromatic N) is 1. The maximum atomic E-state index is 11.1. The summed E-state index contributed by atoms with van der Waals surface area (Å²) >= 11 is 6.19. The van der Waals surface area contributed by atoms with Crippen LogP contribution in [0.5, 0.6) is 0 Å². The number of rotatable bonds is 4. The molecule has 3 heteroatoms. The second-order valence-electron chi connectivity index (χ2n) is 4.79. The molecule has 1 aromatic rings. The summed E-state index contributed by atoms with van der Waals surface area (Å²) in [6.45, 7) is 4.94. The van der Waals surface area contributed by atoms with Crippen molar-refractivity contribution in [1.29, 1.82) is 0 Å². The van der Waals surface area contributed by atoms with Crippen molar-refractivity contribution in [3.63, 3.8) is 0 Å². The average molecular weight is 252 g/mol. The molecule has 0 spiro atoms. The van der Waals surface area contributed by atoms with Gasteiger partial charge >= 0.3 is 0 Å². The van der Waals surface area contributed by atoms with Crippen LogP contribution in [-0.2, 0) is 17.8 Å². The lowest BCUT2D eigenvalue weighted by molar-refractivity contribution is -0.116. The first-order valence-corrected chi connectivity index (χ1v) is 6.52. The summed E-state index contributed by atoms with van der Waals surface area (Å²) < 4.78 is 0. The highest BCUT2D eigenvalue weighted by molar-refractivity contribution is 6.31. The Labute approximate surface area is 108 Å². The van der Waals surface area contributed by atoms with Crippen molar-refractivity contribution in [2.24, 2.45) is 0 Å². The minimum atomic E-state index is 0.152. The van der Waals surface area contributed by atoms with Gasteiger partial charge in [-0.05, 0) is 50.0 Å². The molecule has 1 aliphatic rings. The Kier molecular flexibility index (Phi) is 4.19. The van der Waals surface area contributed by atoms with Crippen LogP contribution in [0.4, 0.5) is 0 Å². The average Bonchev–Trinajstić information content (AvgIpc) is 2.74. The third kappa shape index (κ3) is 3.55. The number of benzene rings is 1. The van der Waals surface area contributed by atoms with Crippen molar-refractivity contribution in [2.75, 3.05) is 13.1 Å². The third-order valence-corrected chi connectivity index (χ3v) is 3.51. The lowest BCUT2D eigenvalue weighted by atomic mass is 10.1. The highest BCUT2D eigenvalue weighted by Crippen LogP contribution is 2.21. The molecular formula is C14H18ClNO. The number of halogens is 1. The van der Waals surface area contributed by atoms with E-state index in [4.69, 9.17) is 11.6 Å². The van der Waals surface area contributed by atoms with Gasteiger partial charge in [0.1, 0.15) is 5.78 Å². The smallest absolute Gasteiger partial charge is 0.134 e. The van der Waals surface area contributed by atoms with Gasteiger partial charge in [0.2, 0.25) is 0 Å². The number of likely N-dealkylation sites (tertiary alicyclic amines) is 1. The number of carbonyl (C=O) groups is 1. The molecule has 1 fully saturated rings.